The number of likely N-dealkylation sites (tertiary alicyclic amines) is 1. The van der Waals surface area contributed by atoms with Crippen LogP contribution in [0.1, 0.15) is 36.6 Å². The summed E-state index contributed by atoms with van der Waals surface area (Å²) in [6, 6.07) is 0. The zero-order valence-corrected chi connectivity index (χ0v) is 13.7. The molecule has 0 aliphatic carbocycles. The maximum absolute atomic E-state index is 4.46. The summed E-state index contributed by atoms with van der Waals surface area (Å²) < 4.78 is 0. The molecular weight excluding hydrogens is 268 g/mol. The van der Waals surface area contributed by atoms with Gasteiger partial charge in [-0.15, -0.1) is 11.3 Å². The molecule has 1 unspecified atom stereocenters. The summed E-state index contributed by atoms with van der Waals surface area (Å²) in [7, 11) is 1.88. The predicted octanol–water partition coefficient (Wildman–Crippen LogP) is 2.56. The molecule has 20 heavy (non-hydrogen) atoms. The van der Waals surface area contributed by atoms with Gasteiger partial charge in [0.25, 0.3) is 0 Å². The van der Waals surface area contributed by atoms with Crippen LogP contribution in [0, 0.1) is 5.92 Å². The van der Waals surface area contributed by atoms with E-state index in [0.717, 1.165) is 44.4 Å². The van der Waals surface area contributed by atoms with E-state index in [9.17, 15) is 0 Å². The third-order valence-electron chi connectivity index (χ3n) is 3.74. The second kappa shape index (κ2) is 7.62. The fourth-order valence-electron chi connectivity index (χ4n) is 2.62. The van der Waals surface area contributed by atoms with Gasteiger partial charge in [-0.1, -0.05) is 13.8 Å². The van der Waals surface area contributed by atoms with Crippen LogP contribution >= 0.6 is 11.3 Å². The minimum absolute atomic E-state index is 0.772. The molecule has 1 aromatic heterocycles. The van der Waals surface area contributed by atoms with Crippen LogP contribution in [-0.4, -0.2) is 42.5 Å². The number of piperidine rings is 1. The lowest BCUT2D eigenvalue weighted by atomic mass is 10.0. The third-order valence-corrected chi connectivity index (χ3v) is 4.94. The molecule has 1 fully saturated rings. The Kier molecular flexibility index (Phi) is 5.83. The van der Waals surface area contributed by atoms with Crippen LogP contribution in [0.5, 0.6) is 0 Å². The normalized spacial score (nSPS) is 20.2. The summed E-state index contributed by atoms with van der Waals surface area (Å²) >= 11 is 1.82. The standard InChI is InChI=1S/C15H26N4S/c1-4-13-10-18-14(20-13)7-8-17-15(16-3)19-9-5-6-12(2)11-19/h10,12H,4-9,11H2,1-3H3,(H,16,17). The lowest BCUT2D eigenvalue weighted by Crippen LogP contribution is -2.46. The second-order valence-corrected chi connectivity index (χ2v) is 6.69. The highest BCUT2D eigenvalue weighted by atomic mass is 32.1. The maximum Gasteiger partial charge on any atom is 0.193 e. The first-order chi connectivity index (χ1) is 9.72. The first-order valence-electron chi connectivity index (χ1n) is 7.62. The van der Waals surface area contributed by atoms with Gasteiger partial charge in [-0.2, -0.15) is 0 Å². The van der Waals surface area contributed by atoms with Crippen molar-refractivity contribution in [3.05, 3.63) is 16.1 Å². The molecule has 0 radical (unpaired) electrons. The van der Waals surface area contributed by atoms with E-state index in [1.165, 1.54) is 22.7 Å². The Balaban J connectivity index is 1.79. The van der Waals surface area contributed by atoms with Crippen molar-refractivity contribution in [1.82, 2.24) is 15.2 Å². The summed E-state index contributed by atoms with van der Waals surface area (Å²) in [6.07, 6.45) is 6.67. The Morgan fingerprint density at radius 1 is 1.60 bits per heavy atom. The van der Waals surface area contributed by atoms with Crippen molar-refractivity contribution >= 4 is 17.3 Å². The number of rotatable bonds is 4. The van der Waals surface area contributed by atoms with E-state index < -0.39 is 0 Å². The van der Waals surface area contributed by atoms with Gasteiger partial charge in [-0.3, -0.25) is 4.99 Å². The van der Waals surface area contributed by atoms with E-state index in [4.69, 9.17) is 0 Å². The number of hydrogen-bond donors (Lipinski definition) is 1. The summed E-state index contributed by atoms with van der Waals surface area (Å²) in [5.74, 6) is 1.82. The molecule has 112 valence electrons. The molecule has 1 aromatic rings. The molecule has 5 heteroatoms. The highest BCUT2D eigenvalue weighted by molar-refractivity contribution is 7.11. The second-order valence-electron chi connectivity index (χ2n) is 5.49. The van der Waals surface area contributed by atoms with Gasteiger partial charge in [0.05, 0.1) is 5.01 Å². The molecular formula is C15H26N4S. The zero-order valence-electron chi connectivity index (χ0n) is 12.9. The Morgan fingerprint density at radius 3 is 3.10 bits per heavy atom. The molecule has 1 N–H and O–H groups in total. The predicted molar refractivity (Wildman–Crippen MR) is 86.5 cm³/mol. The lowest BCUT2D eigenvalue weighted by Gasteiger charge is -2.33. The highest BCUT2D eigenvalue weighted by Gasteiger charge is 2.18. The smallest absolute Gasteiger partial charge is 0.193 e. The van der Waals surface area contributed by atoms with Crippen LogP contribution in [0.25, 0.3) is 0 Å². The van der Waals surface area contributed by atoms with Crippen LogP contribution in [0.15, 0.2) is 11.2 Å². The molecule has 0 saturated carbocycles. The molecule has 1 atom stereocenters. The van der Waals surface area contributed by atoms with E-state index in [0.29, 0.717) is 0 Å². The molecule has 0 spiro atoms. The van der Waals surface area contributed by atoms with Gasteiger partial charge in [-0.05, 0) is 25.2 Å². The average Bonchev–Trinajstić information content (AvgIpc) is 2.91. The van der Waals surface area contributed by atoms with E-state index in [2.05, 4.69) is 34.0 Å². The molecule has 4 nitrogen and oxygen atoms in total. The van der Waals surface area contributed by atoms with Gasteiger partial charge in [0.2, 0.25) is 0 Å². The number of nitrogens with zero attached hydrogens (tertiary/aromatic N) is 3. The average molecular weight is 294 g/mol. The van der Waals surface area contributed by atoms with Crippen molar-refractivity contribution in [3.8, 4) is 0 Å². The van der Waals surface area contributed by atoms with Gasteiger partial charge in [0, 0.05) is 44.2 Å². The van der Waals surface area contributed by atoms with Crippen molar-refractivity contribution in [2.45, 2.75) is 39.5 Å². The Hall–Kier alpha value is -1.10. The molecule has 2 rings (SSSR count). The first-order valence-corrected chi connectivity index (χ1v) is 8.43. The van der Waals surface area contributed by atoms with Crippen molar-refractivity contribution in [1.29, 1.82) is 0 Å². The number of nitrogens with one attached hydrogen (secondary N) is 1. The molecule has 0 amide bonds. The Labute approximate surface area is 126 Å². The van der Waals surface area contributed by atoms with Gasteiger partial charge >= 0.3 is 0 Å². The molecule has 1 saturated heterocycles. The number of hydrogen-bond acceptors (Lipinski definition) is 3. The van der Waals surface area contributed by atoms with Crippen molar-refractivity contribution in [2.24, 2.45) is 10.9 Å². The number of aryl methyl sites for hydroxylation is 1. The lowest BCUT2D eigenvalue weighted by molar-refractivity contribution is 0.266. The Bertz CT molecular complexity index is 441. The van der Waals surface area contributed by atoms with Crippen LogP contribution in [-0.2, 0) is 12.8 Å². The summed E-state index contributed by atoms with van der Waals surface area (Å²) in [4.78, 5) is 12.6. The number of aliphatic imine (C=N–C) groups is 1. The Morgan fingerprint density at radius 2 is 2.45 bits per heavy atom. The molecule has 2 heterocycles. The largest absolute Gasteiger partial charge is 0.356 e. The molecule has 1 aliphatic rings. The SMILES string of the molecule is CCc1cnc(CCNC(=NC)N2CCCC(C)C2)s1. The monoisotopic (exact) mass is 294 g/mol. The van der Waals surface area contributed by atoms with Crippen LogP contribution < -0.4 is 5.32 Å². The van der Waals surface area contributed by atoms with Crippen molar-refractivity contribution < 1.29 is 0 Å². The summed E-state index contributed by atoms with van der Waals surface area (Å²) in [6.45, 7) is 7.66. The third kappa shape index (κ3) is 4.20. The fraction of sp³-hybridized carbons (Fsp3) is 0.733. The minimum atomic E-state index is 0.772. The zero-order chi connectivity index (χ0) is 14.4. The van der Waals surface area contributed by atoms with Gasteiger partial charge in [-0.25, -0.2) is 4.98 Å². The van der Waals surface area contributed by atoms with E-state index >= 15 is 0 Å². The number of aromatic nitrogens is 1. The van der Waals surface area contributed by atoms with Gasteiger partial charge in [0.15, 0.2) is 5.96 Å². The number of thiazole rings is 1. The first kappa shape index (κ1) is 15.3. The van der Waals surface area contributed by atoms with Crippen molar-refractivity contribution in [2.75, 3.05) is 26.7 Å². The van der Waals surface area contributed by atoms with Crippen molar-refractivity contribution in [3.63, 3.8) is 0 Å². The fourth-order valence-corrected chi connectivity index (χ4v) is 3.48. The topological polar surface area (TPSA) is 40.5 Å². The maximum atomic E-state index is 4.46. The summed E-state index contributed by atoms with van der Waals surface area (Å²) in [5.41, 5.74) is 0. The van der Waals surface area contributed by atoms with Gasteiger partial charge < -0.3 is 10.2 Å². The van der Waals surface area contributed by atoms with E-state index in [-0.39, 0.29) is 0 Å². The minimum Gasteiger partial charge on any atom is -0.356 e. The van der Waals surface area contributed by atoms with E-state index in [1.807, 2.05) is 24.6 Å². The number of guanidine groups is 1. The van der Waals surface area contributed by atoms with Crippen LogP contribution in [0.4, 0.5) is 0 Å². The quantitative estimate of drug-likeness (QED) is 0.685. The summed E-state index contributed by atoms with van der Waals surface area (Å²) in [5, 5.41) is 4.70. The highest BCUT2D eigenvalue weighted by Crippen LogP contribution is 2.16. The molecule has 1 aliphatic heterocycles. The molecule has 0 aromatic carbocycles. The van der Waals surface area contributed by atoms with Crippen LogP contribution in [0.3, 0.4) is 0 Å². The molecule has 0 bridgehead atoms. The van der Waals surface area contributed by atoms with E-state index in [1.54, 1.807) is 0 Å². The van der Waals surface area contributed by atoms with Crippen LogP contribution in [0.2, 0.25) is 0 Å². The van der Waals surface area contributed by atoms with Gasteiger partial charge in [0.1, 0.15) is 0 Å².